The van der Waals surface area contributed by atoms with Crippen LogP contribution < -0.4 is 9.62 Å². The van der Waals surface area contributed by atoms with Crippen molar-refractivity contribution in [1.29, 1.82) is 0 Å². The van der Waals surface area contributed by atoms with Crippen LogP contribution >= 0.6 is 0 Å². The van der Waals surface area contributed by atoms with E-state index in [1.54, 1.807) is 24.3 Å². The highest BCUT2D eigenvalue weighted by Crippen LogP contribution is 2.24. The summed E-state index contributed by atoms with van der Waals surface area (Å²) >= 11 is 0. The fourth-order valence-corrected chi connectivity index (χ4v) is 5.53. The molecule has 0 aromatic heterocycles. The van der Waals surface area contributed by atoms with Crippen molar-refractivity contribution in [3.05, 3.63) is 65.2 Å². The number of sulfonamides is 1. The van der Waals surface area contributed by atoms with Crippen LogP contribution in [0.1, 0.15) is 40.7 Å². The minimum atomic E-state index is -3.25. The van der Waals surface area contributed by atoms with Crippen LogP contribution in [0, 0.1) is 0 Å². The lowest BCUT2D eigenvalue weighted by atomic mass is 10.1. The zero-order chi connectivity index (χ0) is 20.3. The third kappa shape index (κ3) is 4.79. The lowest BCUT2D eigenvalue weighted by Gasteiger charge is -2.17. The Morgan fingerprint density at radius 2 is 1.66 bits per heavy atom. The first-order valence-corrected chi connectivity index (χ1v) is 11.8. The van der Waals surface area contributed by atoms with E-state index in [1.165, 1.54) is 35.8 Å². The Hall–Kier alpha value is -2.38. The number of hydrogen-bond acceptors (Lipinski definition) is 4. The number of carbonyl (C=O) groups excluding carboxylic acids is 1. The third-order valence-corrected chi connectivity index (χ3v) is 7.45. The molecule has 6 nitrogen and oxygen atoms in total. The molecular weight excluding hydrogens is 386 g/mol. The predicted octanol–water partition coefficient (Wildman–Crippen LogP) is 2.75. The van der Waals surface area contributed by atoms with Crippen LogP contribution in [0.25, 0.3) is 0 Å². The van der Waals surface area contributed by atoms with Crippen molar-refractivity contribution in [2.24, 2.45) is 0 Å². The summed E-state index contributed by atoms with van der Waals surface area (Å²) in [6.45, 7) is 4.25. The van der Waals surface area contributed by atoms with Crippen LogP contribution in [0.5, 0.6) is 0 Å². The van der Waals surface area contributed by atoms with Crippen LogP contribution in [-0.2, 0) is 23.1 Å². The summed E-state index contributed by atoms with van der Waals surface area (Å²) < 4.78 is 25.6. The van der Waals surface area contributed by atoms with E-state index < -0.39 is 10.0 Å². The van der Waals surface area contributed by atoms with Crippen LogP contribution in [0.15, 0.2) is 48.5 Å². The van der Waals surface area contributed by atoms with E-state index in [4.69, 9.17) is 0 Å². The van der Waals surface area contributed by atoms with E-state index in [0.29, 0.717) is 30.8 Å². The number of hydrogen-bond donors (Lipinski definition) is 1. The zero-order valence-corrected chi connectivity index (χ0v) is 17.3. The highest BCUT2D eigenvalue weighted by atomic mass is 32.2. The average Bonchev–Trinajstić information content (AvgIpc) is 3.36. The van der Waals surface area contributed by atoms with Gasteiger partial charge in [-0.05, 0) is 61.7 Å². The lowest BCUT2D eigenvalue weighted by molar-refractivity contribution is 0.0951. The Morgan fingerprint density at radius 3 is 2.34 bits per heavy atom. The summed E-state index contributed by atoms with van der Waals surface area (Å²) in [5.74, 6) is -0.0402. The van der Waals surface area contributed by atoms with E-state index in [0.717, 1.165) is 12.1 Å². The number of amides is 1. The summed E-state index contributed by atoms with van der Waals surface area (Å²) in [5.41, 5.74) is 3.36. The summed E-state index contributed by atoms with van der Waals surface area (Å²) in [7, 11) is -3.25. The number of likely N-dealkylation sites (tertiary alicyclic amines) is 1. The molecule has 7 heteroatoms. The smallest absolute Gasteiger partial charge is 0.251 e. The normalized spacial score (nSPS) is 18.8. The van der Waals surface area contributed by atoms with Gasteiger partial charge in [0.2, 0.25) is 10.0 Å². The van der Waals surface area contributed by atoms with Crippen molar-refractivity contribution >= 4 is 21.6 Å². The highest BCUT2D eigenvalue weighted by Gasteiger charge is 2.28. The van der Waals surface area contributed by atoms with Gasteiger partial charge in [-0.15, -0.1) is 0 Å². The Balaban J connectivity index is 1.35. The number of benzene rings is 2. The second-order valence-corrected chi connectivity index (χ2v) is 9.79. The van der Waals surface area contributed by atoms with E-state index in [9.17, 15) is 13.2 Å². The standard InChI is InChI=1S/C22H27N3O3S/c26-22(20-5-3-6-21(15-20)25-13-4-14-29(25,27)28)23-16-18-7-9-19(10-8-18)17-24-11-1-2-12-24/h3,5-10,15H,1-2,4,11-14,16-17H2,(H,23,26). The molecule has 0 spiro atoms. The molecule has 29 heavy (non-hydrogen) atoms. The van der Waals surface area contributed by atoms with Crippen molar-refractivity contribution in [3.63, 3.8) is 0 Å². The molecule has 0 radical (unpaired) electrons. The predicted molar refractivity (Wildman–Crippen MR) is 114 cm³/mol. The first kappa shape index (κ1) is 19.9. The van der Waals surface area contributed by atoms with Gasteiger partial charge in [0.25, 0.3) is 5.91 Å². The molecule has 2 heterocycles. The van der Waals surface area contributed by atoms with E-state index in [1.807, 2.05) is 0 Å². The Bertz CT molecular complexity index is 967. The van der Waals surface area contributed by atoms with Crippen LogP contribution in [-0.4, -0.2) is 44.6 Å². The number of anilines is 1. The topological polar surface area (TPSA) is 69.7 Å². The molecule has 0 unspecified atom stereocenters. The molecule has 2 aromatic rings. The molecule has 2 aromatic carbocycles. The van der Waals surface area contributed by atoms with E-state index in [2.05, 4.69) is 34.5 Å². The van der Waals surface area contributed by atoms with Gasteiger partial charge in [0.05, 0.1) is 11.4 Å². The maximum Gasteiger partial charge on any atom is 0.251 e. The molecule has 2 saturated heterocycles. The van der Waals surface area contributed by atoms with Crippen molar-refractivity contribution in [3.8, 4) is 0 Å². The molecule has 0 bridgehead atoms. The first-order chi connectivity index (χ1) is 14.0. The van der Waals surface area contributed by atoms with Gasteiger partial charge < -0.3 is 5.32 Å². The number of rotatable bonds is 6. The molecule has 0 atom stereocenters. The number of carbonyl (C=O) groups is 1. The molecule has 4 rings (SSSR count). The van der Waals surface area contributed by atoms with Gasteiger partial charge in [0.1, 0.15) is 0 Å². The van der Waals surface area contributed by atoms with Gasteiger partial charge in [0.15, 0.2) is 0 Å². The Labute approximate surface area is 172 Å². The van der Waals surface area contributed by atoms with Crippen molar-refractivity contribution in [1.82, 2.24) is 10.2 Å². The molecule has 1 N–H and O–H groups in total. The van der Waals surface area contributed by atoms with Crippen LogP contribution in [0.3, 0.4) is 0 Å². The quantitative estimate of drug-likeness (QED) is 0.791. The first-order valence-electron chi connectivity index (χ1n) is 10.2. The Kier molecular flexibility index (Phi) is 5.87. The molecule has 2 aliphatic heterocycles. The number of nitrogens with one attached hydrogen (secondary N) is 1. The molecule has 2 fully saturated rings. The fraction of sp³-hybridized carbons (Fsp3) is 0.409. The lowest BCUT2D eigenvalue weighted by Crippen LogP contribution is -2.26. The monoisotopic (exact) mass is 413 g/mol. The highest BCUT2D eigenvalue weighted by molar-refractivity contribution is 7.93. The van der Waals surface area contributed by atoms with Gasteiger partial charge in [-0.2, -0.15) is 0 Å². The average molecular weight is 414 g/mol. The van der Waals surface area contributed by atoms with Crippen molar-refractivity contribution < 1.29 is 13.2 Å². The molecule has 154 valence electrons. The summed E-state index contributed by atoms with van der Waals surface area (Å²) in [6, 6.07) is 15.2. The summed E-state index contributed by atoms with van der Waals surface area (Å²) in [4.78, 5) is 15.0. The third-order valence-electron chi connectivity index (χ3n) is 5.58. The zero-order valence-electron chi connectivity index (χ0n) is 16.5. The maximum atomic E-state index is 12.6. The van der Waals surface area contributed by atoms with Gasteiger partial charge in [-0.25, -0.2) is 8.42 Å². The minimum Gasteiger partial charge on any atom is -0.348 e. The van der Waals surface area contributed by atoms with E-state index in [-0.39, 0.29) is 11.7 Å². The maximum absolute atomic E-state index is 12.6. The SMILES string of the molecule is O=C(NCc1ccc(CN2CCCC2)cc1)c1cccc(N2CCCS2(=O)=O)c1. The summed E-state index contributed by atoms with van der Waals surface area (Å²) in [5, 5.41) is 2.93. The molecule has 1 amide bonds. The van der Waals surface area contributed by atoms with Gasteiger partial charge in [0, 0.05) is 25.2 Å². The molecule has 2 aliphatic rings. The van der Waals surface area contributed by atoms with Crippen molar-refractivity contribution in [2.75, 3.05) is 29.7 Å². The molecule has 0 saturated carbocycles. The number of nitrogens with zero attached hydrogens (tertiary/aromatic N) is 2. The summed E-state index contributed by atoms with van der Waals surface area (Å²) in [6.07, 6.45) is 3.19. The largest absolute Gasteiger partial charge is 0.348 e. The van der Waals surface area contributed by atoms with Gasteiger partial charge >= 0.3 is 0 Å². The fourth-order valence-electron chi connectivity index (χ4n) is 3.98. The van der Waals surface area contributed by atoms with Crippen molar-refractivity contribution in [2.45, 2.75) is 32.4 Å². The van der Waals surface area contributed by atoms with Gasteiger partial charge in [-0.1, -0.05) is 30.3 Å². The van der Waals surface area contributed by atoms with Crippen LogP contribution in [0.2, 0.25) is 0 Å². The second kappa shape index (κ2) is 8.55. The van der Waals surface area contributed by atoms with E-state index >= 15 is 0 Å². The van der Waals surface area contributed by atoms with Crippen LogP contribution in [0.4, 0.5) is 5.69 Å². The molecule has 0 aliphatic carbocycles. The van der Waals surface area contributed by atoms with Gasteiger partial charge in [-0.3, -0.25) is 14.0 Å². The Morgan fingerprint density at radius 1 is 0.931 bits per heavy atom. The minimum absolute atomic E-state index is 0.164. The molecular formula is C22H27N3O3S. The second-order valence-electron chi connectivity index (χ2n) is 7.77.